The Bertz CT molecular complexity index is 910. The van der Waals surface area contributed by atoms with Crippen LogP contribution in [0.4, 0.5) is 6.01 Å². The summed E-state index contributed by atoms with van der Waals surface area (Å²) in [6, 6.07) is 11.8. The van der Waals surface area contributed by atoms with Gasteiger partial charge in [0.2, 0.25) is 5.89 Å². The fourth-order valence-corrected chi connectivity index (χ4v) is 2.63. The van der Waals surface area contributed by atoms with Gasteiger partial charge in [0.05, 0.1) is 7.11 Å². The van der Waals surface area contributed by atoms with E-state index in [1.165, 1.54) is 7.11 Å². The number of nitrogens with one attached hydrogen (secondary N) is 1. The lowest BCUT2D eigenvalue weighted by Crippen LogP contribution is -2.20. The van der Waals surface area contributed by atoms with Gasteiger partial charge in [-0.3, -0.25) is 10.1 Å². The first-order valence-corrected chi connectivity index (χ1v) is 8.16. The van der Waals surface area contributed by atoms with Crippen LogP contribution in [0.2, 0.25) is 10.0 Å². The van der Waals surface area contributed by atoms with Crippen LogP contribution < -0.4 is 14.8 Å². The summed E-state index contributed by atoms with van der Waals surface area (Å²) in [6.07, 6.45) is 0. The Morgan fingerprint density at radius 2 is 1.81 bits per heavy atom. The van der Waals surface area contributed by atoms with Crippen molar-refractivity contribution in [3.8, 4) is 23.0 Å². The van der Waals surface area contributed by atoms with Crippen LogP contribution >= 0.6 is 23.2 Å². The van der Waals surface area contributed by atoms with Crippen molar-refractivity contribution in [2.24, 2.45) is 0 Å². The number of amides is 1. The van der Waals surface area contributed by atoms with Crippen molar-refractivity contribution in [2.75, 3.05) is 19.0 Å². The molecule has 3 rings (SSSR count). The molecule has 0 saturated heterocycles. The summed E-state index contributed by atoms with van der Waals surface area (Å²) < 4.78 is 16.0. The van der Waals surface area contributed by atoms with Crippen molar-refractivity contribution in [1.82, 2.24) is 10.2 Å². The van der Waals surface area contributed by atoms with Gasteiger partial charge in [-0.2, -0.15) is 0 Å². The van der Waals surface area contributed by atoms with Gasteiger partial charge in [-0.25, -0.2) is 0 Å². The molecule has 26 heavy (non-hydrogen) atoms. The molecule has 0 bridgehead atoms. The number of methoxy groups -OCH3 is 1. The molecule has 1 N–H and O–H groups in total. The van der Waals surface area contributed by atoms with Gasteiger partial charge in [0.15, 0.2) is 18.1 Å². The standard InChI is InChI=1S/C17H13Cl2N3O4/c1-24-13-4-2-3-5-14(13)25-9-15(23)20-17-22-21-16(26-17)10-6-11(18)8-12(19)7-10/h2-8H,9H2,1H3,(H,20,22,23). The summed E-state index contributed by atoms with van der Waals surface area (Å²) in [5, 5.41) is 10.9. The Morgan fingerprint density at radius 1 is 1.12 bits per heavy atom. The van der Waals surface area contributed by atoms with Gasteiger partial charge in [-0.05, 0) is 30.3 Å². The molecule has 7 nitrogen and oxygen atoms in total. The Labute approximate surface area is 158 Å². The number of benzene rings is 2. The molecule has 9 heteroatoms. The highest BCUT2D eigenvalue weighted by Gasteiger charge is 2.13. The minimum atomic E-state index is -0.463. The van der Waals surface area contributed by atoms with Gasteiger partial charge in [0, 0.05) is 15.6 Å². The van der Waals surface area contributed by atoms with Crippen LogP contribution in [0.3, 0.4) is 0 Å². The lowest BCUT2D eigenvalue weighted by Gasteiger charge is -2.09. The molecular formula is C17H13Cl2N3O4. The SMILES string of the molecule is COc1ccccc1OCC(=O)Nc1nnc(-c2cc(Cl)cc(Cl)c2)o1. The number of carbonyl (C=O) groups excluding carboxylic acids is 1. The summed E-state index contributed by atoms with van der Waals surface area (Å²) in [4.78, 5) is 12.0. The van der Waals surface area contributed by atoms with E-state index in [1.807, 2.05) is 0 Å². The second kappa shape index (κ2) is 8.07. The van der Waals surface area contributed by atoms with Gasteiger partial charge in [-0.15, -0.1) is 5.10 Å². The van der Waals surface area contributed by atoms with Crippen LogP contribution in [0, 0.1) is 0 Å². The number of hydrogen-bond acceptors (Lipinski definition) is 6. The summed E-state index contributed by atoms with van der Waals surface area (Å²) in [7, 11) is 1.52. The number of halogens is 2. The molecule has 2 aromatic carbocycles. The smallest absolute Gasteiger partial charge is 0.322 e. The summed E-state index contributed by atoms with van der Waals surface area (Å²) in [6.45, 7) is -0.249. The molecule has 134 valence electrons. The average Bonchev–Trinajstić information content (AvgIpc) is 3.08. The highest BCUT2D eigenvalue weighted by atomic mass is 35.5. The first-order valence-electron chi connectivity index (χ1n) is 7.41. The maximum atomic E-state index is 12.0. The molecule has 0 aliphatic heterocycles. The fourth-order valence-electron chi connectivity index (χ4n) is 2.10. The number of anilines is 1. The quantitative estimate of drug-likeness (QED) is 0.678. The monoisotopic (exact) mass is 393 g/mol. The van der Waals surface area contributed by atoms with Gasteiger partial charge in [0.25, 0.3) is 5.91 Å². The van der Waals surface area contributed by atoms with Crippen molar-refractivity contribution >= 4 is 35.1 Å². The van der Waals surface area contributed by atoms with E-state index < -0.39 is 5.91 Å². The highest BCUT2D eigenvalue weighted by molar-refractivity contribution is 6.35. The Kier molecular flexibility index (Phi) is 5.60. The van der Waals surface area contributed by atoms with E-state index in [9.17, 15) is 4.79 Å². The Balaban J connectivity index is 1.62. The number of rotatable bonds is 6. The average molecular weight is 394 g/mol. The minimum Gasteiger partial charge on any atom is -0.493 e. The summed E-state index contributed by atoms with van der Waals surface area (Å²) in [5.41, 5.74) is 0.542. The predicted molar refractivity (Wildman–Crippen MR) is 96.9 cm³/mol. The Morgan fingerprint density at radius 3 is 2.50 bits per heavy atom. The first kappa shape index (κ1) is 18.0. The fraction of sp³-hybridized carbons (Fsp3) is 0.118. The topological polar surface area (TPSA) is 86.5 Å². The predicted octanol–water partition coefficient (Wildman–Crippen LogP) is 4.07. The van der Waals surface area contributed by atoms with Crippen molar-refractivity contribution in [2.45, 2.75) is 0 Å². The zero-order chi connectivity index (χ0) is 18.5. The molecule has 0 saturated carbocycles. The molecule has 0 spiro atoms. The second-order valence-electron chi connectivity index (χ2n) is 5.06. The molecule has 1 aromatic heterocycles. The van der Waals surface area contributed by atoms with E-state index >= 15 is 0 Å². The molecule has 0 fully saturated rings. The molecule has 0 unspecified atom stereocenters. The number of hydrogen-bond donors (Lipinski definition) is 1. The third-order valence-corrected chi connectivity index (χ3v) is 3.65. The highest BCUT2D eigenvalue weighted by Crippen LogP contribution is 2.27. The van der Waals surface area contributed by atoms with Gasteiger partial charge < -0.3 is 13.9 Å². The largest absolute Gasteiger partial charge is 0.493 e. The molecule has 0 atom stereocenters. The van der Waals surface area contributed by atoms with Gasteiger partial charge in [0.1, 0.15) is 0 Å². The molecular weight excluding hydrogens is 381 g/mol. The maximum Gasteiger partial charge on any atom is 0.322 e. The van der Waals surface area contributed by atoms with Crippen LogP contribution in [-0.4, -0.2) is 29.8 Å². The number of carbonyl (C=O) groups is 1. The summed E-state index contributed by atoms with van der Waals surface area (Å²) in [5.74, 6) is 0.689. The zero-order valence-corrected chi connectivity index (χ0v) is 15.0. The van der Waals surface area contributed by atoms with Crippen molar-refractivity contribution in [3.63, 3.8) is 0 Å². The van der Waals surface area contributed by atoms with E-state index in [0.29, 0.717) is 27.1 Å². The minimum absolute atomic E-state index is 0.0651. The molecule has 3 aromatic rings. The number of para-hydroxylation sites is 2. The molecule has 0 radical (unpaired) electrons. The number of ether oxygens (including phenoxy) is 2. The van der Waals surface area contributed by atoms with E-state index in [-0.39, 0.29) is 18.5 Å². The molecule has 0 aliphatic carbocycles. The van der Waals surface area contributed by atoms with Crippen LogP contribution in [0.5, 0.6) is 11.5 Å². The van der Waals surface area contributed by atoms with E-state index in [4.69, 9.17) is 37.1 Å². The van der Waals surface area contributed by atoms with Crippen LogP contribution in [0.15, 0.2) is 46.9 Å². The van der Waals surface area contributed by atoms with Crippen LogP contribution in [-0.2, 0) is 4.79 Å². The van der Waals surface area contributed by atoms with Crippen molar-refractivity contribution in [3.05, 3.63) is 52.5 Å². The van der Waals surface area contributed by atoms with E-state index in [1.54, 1.807) is 42.5 Å². The number of aromatic nitrogens is 2. The Hall–Kier alpha value is -2.77. The first-order chi connectivity index (χ1) is 12.5. The zero-order valence-electron chi connectivity index (χ0n) is 13.5. The van der Waals surface area contributed by atoms with Crippen LogP contribution in [0.1, 0.15) is 0 Å². The van der Waals surface area contributed by atoms with Crippen molar-refractivity contribution < 1.29 is 18.7 Å². The summed E-state index contributed by atoms with van der Waals surface area (Å²) >= 11 is 11.9. The lowest BCUT2D eigenvalue weighted by molar-refractivity contribution is -0.118. The number of nitrogens with zero attached hydrogens (tertiary/aromatic N) is 2. The third kappa shape index (κ3) is 4.44. The second-order valence-corrected chi connectivity index (χ2v) is 5.93. The van der Waals surface area contributed by atoms with E-state index in [0.717, 1.165) is 0 Å². The van der Waals surface area contributed by atoms with E-state index in [2.05, 4.69) is 15.5 Å². The normalized spacial score (nSPS) is 10.4. The molecule has 1 heterocycles. The van der Waals surface area contributed by atoms with Gasteiger partial charge >= 0.3 is 6.01 Å². The maximum absolute atomic E-state index is 12.0. The third-order valence-electron chi connectivity index (χ3n) is 3.21. The van der Waals surface area contributed by atoms with Crippen LogP contribution in [0.25, 0.3) is 11.5 Å². The van der Waals surface area contributed by atoms with Gasteiger partial charge in [-0.1, -0.05) is 40.4 Å². The van der Waals surface area contributed by atoms with Crippen molar-refractivity contribution in [1.29, 1.82) is 0 Å². The lowest BCUT2D eigenvalue weighted by atomic mass is 10.2. The molecule has 1 amide bonds. The molecule has 0 aliphatic rings.